The number of hydrogen-bond donors (Lipinski definition) is 1. The number of allylic oxidation sites excluding steroid dienone is 2. The molecule has 4 nitrogen and oxygen atoms in total. The largest absolute Gasteiger partial charge is 0.508 e. The van der Waals surface area contributed by atoms with Crippen molar-refractivity contribution >= 4 is 23.9 Å². The summed E-state index contributed by atoms with van der Waals surface area (Å²) in [5, 5.41) is 10.3. The van der Waals surface area contributed by atoms with Crippen LogP contribution in [0.5, 0.6) is 0 Å². The van der Waals surface area contributed by atoms with Gasteiger partial charge in [-0.25, -0.2) is 8.78 Å². The maximum Gasteiger partial charge on any atom is 0.310 e. The molecule has 6 heteroatoms. The maximum atomic E-state index is 13.3. The number of carbonyl (C=O) groups excluding carboxylic acids is 2. The van der Waals surface area contributed by atoms with Gasteiger partial charge in [-0.1, -0.05) is 36.4 Å². The van der Waals surface area contributed by atoms with E-state index in [1.807, 2.05) is 0 Å². The van der Waals surface area contributed by atoms with E-state index in [0.29, 0.717) is 11.1 Å². The number of ketones is 1. The SMILES string of the molecule is CCOC(=O)CC(C(=O)/C=C/c1cccc(F)c1)=C(O)C=Cc1cccc(F)c1. The Morgan fingerprint density at radius 2 is 1.52 bits per heavy atom. The summed E-state index contributed by atoms with van der Waals surface area (Å²) in [5.74, 6) is -2.67. The van der Waals surface area contributed by atoms with E-state index in [-0.39, 0.29) is 12.2 Å². The van der Waals surface area contributed by atoms with Crippen LogP contribution in [0.2, 0.25) is 0 Å². The van der Waals surface area contributed by atoms with Gasteiger partial charge in [0.25, 0.3) is 0 Å². The summed E-state index contributed by atoms with van der Waals surface area (Å²) in [6.07, 6.45) is 4.68. The average Bonchev–Trinajstić information content (AvgIpc) is 2.69. The van der Waals surface area contributed by atoms with Crippen molar-refractivity contribution in [2.24, 2.45) is 0 Å². The molecule has 29 heavy (non-hydrogen) atoms. The van der Waals surface area contributed by atoms with Crippen LogP contribution >= 0.6 is 0 Å². The molecule has 0 aliphatic rings. The molecular formula is C23H20F2O4. The summed E-state index contributed by atoms with van der Waals surface area (Å²) in [6, 6.07) is 11.3. The minimum Gasteiger partial charge on any atom is -0.508 e. The predicted octanol–water partition coefficient (Wildman–Crippen LogP) is 5.03. The van der Waals surface area contributed by atoms with Crippen molar-refractivity contribution in [3.8, 4) is 0 Å². The van der Waals surface area contributed by atoms with Crippen LogP contribution in [0.4, 0.5) is 8.78 Å². The van der Waals surface area contributed by atoms with E-state index in [1.165, 1.54) is 54.6 Å². The molecule has 2 aromatic carbocycles. The number of ether oxygens (including phenoxy) is 1. The second-order valence-electron chi connectivity index (χ2n) is 5.99. The van der Waals surface area contributed by atoms with E-state index >= 15 is 0 Å². The Morgan fingerprint density at radius 1 is 0.966 bits per heavy atom. The molecule has 0 aromatic heterocycles. The van der Waals surface area contributed by atoms with Crippen LogP contribution in [0.1, 0.15) is 24.5 Å². The van der Waals surface area contributed by atoms with Gasteiger partial charge in [0, 0.05) is 0 Å². The van der Waals surface area contributed by atoms with Gasteiger partial charge in [0.2, 0.25) is 0 Å². The second-order valence-corrected chi connectivity index (χ2v) is 5.99. The molecular weight excluding hydrogens is 378 g/mol. The third kappa shape index (κ3) is 7.18. The molecule has 0 heterocycles. The quantitative estimate of drug-likeness (QED) is 0.293. The monoisotopic (exact) mass is 398 g/mol. The van der Waals surface area contributed by atoms with Crippen LogP contribution in [0.3, 0.4) is 0 Å². The highest BCUT2D eigenvalue weighted by Gasteiger charge is 2.17. The van der Waals surface area contributed by atoms with Gasteiger partial charge >= 0.3 is 5.97 Å². The van der Waals surface area contributed by atoms with E-state index in [0.717, 1.165) is 6.08 Å². The lowest BCUT2D eigenvalue weighted by molar-refractivity contribution is -0.142. The van der Waals surface area contributed by atoms with Crippen LogP contribution in [0.25, 0.3) is 12.2 Å². The van der Waals surface area contributed by atoms with Gasteiger partial charge in [0.15, 0.2) is 5.78 Å². The average molecular weight is 398 g/mol. The molecule has 0 spiro atoms. The van der Waals surface area contributed by atoms with E-state index in [2.05, 4.69) is 0 Å². The van der Waals surface area contributed by atoms with Crippen molar-refractivity contribution in [2.45, 2.75) is 13.3 Å². The number of aliphatic hydroxyl groups is 1. The summed E-state index contributed by atoms with van der Waals surface area (Å²) in [4.78, 5) is 24.4. The van der Waals surface area contributed by atoms with E-state index in [9.17, 15) is 23.5 Å². The van der Waals surface area contributed by atoms with Crippen LogP contribution in [-0.4, -0.2) is 23.5 Å². The fourth-order valence-electron chi connectivity index (χ4n) is 2.43. The van der Waals surface area contributed by atoms with E-state index in [4.69, 9.17) is 4.74 Å². The topological polar surface area (TPSA) is 63.6 Å². The summed E-state index contributed by atoms with van der Waals surface area (Å²) >= 11 is 0. The molecule has 0 aliphatic heterocycles. The van der Waals surface area contributed by atoms with Crippen molar-refractivity contribution in [1.82, 2.24) is 0 Å². The number of aliphatic hydroxyl groups excluding tert-OH is 1. The molecule has 0 unspecified atom stereocenters. The maximum absolute atomic E-state index is 13.3. The number of halogens is 2. The standard InChI is InChI=1S/C23H20F2O4/c1-2-29-23(28)15-20(21(26)11-9-16-5-3-7-18(24)13-16)22(27)12-10-17-6-4-8-19(25)14-17/h3-14,26H,2,15H2,1H3/b11-9?,12-10+,21-20?. The van der Waals surface area contributed by atoms with Crippen molar-refractivity contribution in [3.63, 3.8) is 0 Å². The Balaban J connectivity index is 2.29. The summed E-state index contributed by atoms with van der Waals surface area (Å²) in [7, 11) is 0. The fraction of sp³-hybridized carbons (Fsp3) is 0.130. The van der Waals surface area contributed by atoms with Crippen molar-refractivity contribution in [1.29, 1.82) is 0 Å². The number of hydrogen-bond acceptors (Lipinski definition) is 4. The molecule has 0 saturated heterocycles. The minimum absolute atomic E-state index is 0.124. The molecule has 0 bridgehead atoms. The molecule has 2 rings (SSSR count). The first-order valence-electron chi connectivity index (χ1n) is 8.88. The van der Waals surface area contributed by atoms with Crippen LogP contribution < -0.4 is 0 Å². The molecule has 0 saturated carbocycles. The Labute approximate surface area is 167 Å². The van der Waals surface area contributed by atoms with Gasteiger partial charge in [-0.3, -0.25) is 9.59 Å². The highest BCUT2D eigenvalue weighted by Crippen LogP contribution is 2.15. The number of rotatable bonds is 8. The molecule has 0 fully saturated rings. The van der Waals surface area contributed by atoms with Gasteiger partial charge in [0.05, 0.1) is 18.6 Å². The number of carbonyl (C=O) groups is 2. The Kier molecular flexibility index (Phi) is 8.03. The lowest BCUT2D eigenvalue weighted by atomic mass is 10.0. The number of benzene rings is 2. The lowest BCUT2D eigenvalue weighted by Crippen LogP contribution is -2.11. The first-order valence-corrected chi connectivity index (χ1v) is 8.88. The van der Waals surface area contributed by atoms with Crippen molar-refractivity contribution in [3.05, 3.63) is 94.8 Å². The first kappa shape index (κ1) is 21.8. The molecule has 2 aromatic rings. The lowest BCUT2D eigenvalue weighted by Gasteiger charge is -2.06. The van der Waals surface area contributed by atoms with Crippen LogP contribution in [0.15, 0.2) is 72.0 Å². The molecule has 0 atom stereocenters. The van der Waals surface area contributed by atoms with Crippen molar-refractivity contribution < 1.29 is 28.2 Å². The zero-order chi connectivity index (χ0) is 21.2. The zero-order valence-electron chi connectivity index (χ0n) is 15.8. The van der Waals surface area contributed by atoms with Gasteiger partial charge in [-0.15, -0.1) is 0 Å². The summed E-state index contributed by atoms with van der Waals surface area (Å²) in [6.45, 7) is 1.75. The fourth-order valence-corrected chi connectivity index (χ4v) is 2.43. The third-order valence-electron chi connectivity index (χ3n) is 3.79. The molecule has 0 aliphatic carbocycles. The van der Waals surface area contributed by atoms with Gasteiger partial charge in [-0.05, 0) is 54.5 Å². The van der Waals surface area contributed by atoms with Gasteiger partial charge < -0.3 is 9.84 Å². The Hall–Kier alpha value is -3.54. The summed E-state index contributed by atoms with van der Waals surface area (Å²) < 4.78 is 31.4. The zero-order valence-corrected chi connectivity index (χ0v) is 15.8. The third-order valence-corrected chi connectivity index (χ3v) is 3.79. The molecule has 0 amide bonds. The molecule has 1 N–H and O–H groups in total. The smallest absolute Gasteiger partial charge is 0.310 e. The highest BCUT2D eigenvalue weighted by atomic mass is 19.1. The van der Waals surface area contributed by atoms with Crippen LogP contribution in [0, 0.1) is 11.6 Å². The number of esters is 1. The minimum atomic E-state index is -0.680. The summed E-state index contributed by atoms with van der Waals surface area (Å²) in [5.41, 5.74) is 0.724. The Morgan fingerprint density at radius 3 is 2.03 bits per heavy atom. The second kappa shape index (κ2) is 10.7. The van der Waals surface area contributed by atoms with Gasteiger partial charge in [0.1, 0.15) is 17.4 Å². The van der Waals surface area contributed by atoms with E-state index < -0.39 is 35.6 Å². The Bertz CT molecular complexity index is 974. The molecule has 0 radical (unpaired) electrons. The van der Waals surface area contributed by atoms with Crippen LogP contribution in [-0.2, 0) is 14.3 Å². The predicted molar refractivity (Wildman–Crippen MR) is 107 cm³/mol. The van der Waals surface area contributed by atoms with Crippen molar-refractivity contribution in [2.75, 3.05) is 6.61 Å². The normalized spacial score (nSPS) is 12.2. The molecule has 150 valence electrons. The van der Waals surface area contributed by atoms with E-state index in [1.54, 1.807) is 19.1 Å². The first-order chi connectivity index (χ1) is 13.9. The highest BCUT2D eigenvalue weighted by molar-refractivity contribution is 6.09. The van der Waals surface area contributed by atoms with Gasteiger partial charge in [-0.2, -0.15) is 0 Å².